The first-order chi connectivity index (χ1) is 13.1. The van der Waals surface area contributed by atoms with Crippen LogP contribution in [0.1, 0.15) is 71.5 Å². The zero-order valence-corrected chi connectivity index (χ0v) is 15.9. The van der Waals surface area contributed by atoms with Crippen LogP contribution in [0.25, 0.3) is 0 Å². The Morgan fingerprint density at radius 2 is 1.96 bits per heavy atom. The smallest absolute Gasteiger partial charge is 0.253 e. The van der Waals surface area contributed by atoms with Crippen molar-refractivity contribution in [2.45, 2.75) is 51.5 Å². The van der Waals surface area contributed by atoms with E-state index in [1.165, 1.54) is 26.2 Å². The average molecular weight is 365 g/mol. The summed E-state index contributed by atoms with van der Waals surface area (Å²) in [5, 5.41) is 0. The van der Waals surface area contributed by atoms with Gasteiger partial charge in [0.05, 0.1) is 0 Å². The third-order valence-corrected chi connectivity index (χ3v) is 6.02. The first-order valence-electron chi connectivity index (χ1n) is 10.0. The Labute approximate surface area is 160 Å². The number of Topliss-reactive ketones (excluding diaryl/α,β-unsaturated/α-hetero) is 1. The van der Waals surface area contributed by atoms with E-state index >= 15 is 0 Å². The van der Waals surface area contributed by atoms with Crippen molar-refractivity contribution < 1.29 is 9.59 Å². The molecular formula is C22H27N3O2. The molecule has 1 atom stereocenters. The molecule has 1 amide bonds. The van der Waals surface area contributed by atoms with E-state index in [0.29, 0.717) is 17.7 Å². The van der Waals surface area contributed by atoms with E-state index in [-0.39, 0.29) is 17.6 Å². The molecule has 1 saturated heterocycles. The maximum absolute atomic E-state index is 13.0. The van der Waals surface area contributed by atoms with Gasteiger partial charge in [-0.3, -0.25) is 9.59 Å². The number of benzene rings is 1. The zero-order valence-electron chi connectivity index (χ0n) is 15.9. The lowest BCUT2D eigenvalue weighted by molar-refractivity contribution is 0.0702. The second kappa shape index (κ2) is 7.67. The highest BCUT2D eigenvalue weighted by molar-refractivity contribution is 5.99. The van der Waals surface area contributed by atoms with Gasteiger partial charge in [0.25, 0.3) is 5.91 Å². The summed E-state index contributed by atoms with van der Waals surface area (Å²) in [7, 11) is 0. The number of aromatic nitrogens is 2. The van der Waals surface area contributed by atoms with Crippen LogP contribution in [0.5, 0.6) is 0 Å². The van der Waals surface area contributed by atoms with Gasteiger partial charge in [0.2, 0.25) is 0 Å². The van der Waals surface area contributed by atoms with Crippen LogP contribution in [-0.2, 0) is 6.54 Å². The third-order valence-electron chi connectivity index (χ3n) is 6.02. The molecule has 4 rings (SSSR count). The number of hydrogen-bond donors (Lipinski definition) is 0. The molecule has 5 nitrogen and oxygen atoms in total. The first kappa shape index (κ1) is 18.0. The molecule has 2 fully saturated rings. The van der Waals surface area contributed by atoms with Gasteiger partial charge in [-0.25, -0.2) is 4.98 Å². The highest BCUT2D eigenvalue weighted by Gasteiger charge is 2.29. The van der Waals surface area contributed by atoms with Gasteiger partial charge in [-0.05, 0) is 50.7 Å². The predicted octanol–water partition coefficient (Wildman–Crippen LogP) is 3.91. The van der Waals surface area contributed by atoms with E-state index in [2.05, 4.69) is 15.7 Å². The number of nitrogens with zero attached hydrogens (tertiary/aromatic N) is 3. The number of ketones is 1. The third kappa shape index (κ3) is 3.82. The summed E-state index contributed by atoms with van der Waals surface area (Å²) >= 11 is 0. The van der Waals surface area contributed by atoms with E-state index in [1.807, 2.05) is 11.1 Å². The molecule has 142 valence electrons. The van der Waals surface area contributed by atoms with Crippen LogP contribution in [-0.4, -0.2) is 39.2 Å². The number of imidazole rings is 1. The normalized spacial score (nSPS) is 20.3. The number of carbonyl (C=O) groups is 2. The van der Waals surface area contributed by atoms with Crippen molar-refractivity contribution in [3.8, 4) is 0 Å². The van der Waals surface area contributed by atoms with E-state index in [9.17, 15) is 9.59 Å². The minimum Gasteiger partial charge on any atom is -0.338 e. The summed E-state index contributed by atoms with van der Waals surface area (Å²) in [6.07, 6.45) is 10.0. The van der Waals surface area contributed by atoms with Crippen molar-refractivity contribution in [1.29, 1.82) is 0 Å². The molecule has 0 unspecified atom stereocenters. The molecule has 1 aliphatic carbocycles. The first-order valence-corrected chi connectivity index (χ1v) is 10.0. The quantitative estimate of drug-likeness (QED) is 0.755. The Morgan fingerprint density at radius 3 is 2.70 bits per heavy atom. The number of likely N-dealkylation sites (tertiary alicyclic amines) is 1. The maximum Gasteiger partial charge on any atom is 0.253 e. The van der Waals surface area contributed by atoms with Crippen LogP contribution < -0.4 is 0 Å². The second-order valence-electron chi connectivity index (χ2n) is 7.96. The van der Waals surface area contributed by atoms with Gasteiger partial charge in [0.15, 0.2) is 5.78 Å². The summed E-state index contributed by atoms with van der Waals surface area (Å²) in [5.74, 6) is 2.19. The number of piperidine rings is 1. The molecule has 2 heterocycles. The van der Waals surface area contributed by atoms with E-state index in [4.69, 9.17) is 0 Å². The molecule has 0 spiro atoms. The van der Waals surface area contributed by atoms with E-state index in [0.717, 1.165) is 37.7 Å². The lowest BCUT2D eigenvalue weighted by Gasteiger charge is -2.34. The summed E-state index contributed by atoms with van der Waals surface area (Å²) in [6, 6.07) is 7.06. The van der Waals surface area contributed by atoms with Crippen LogP contribution in [0.15, 0.2) is 36.7 Å². The number of rotatable bonds is 5. The van der Waals surface area contributed by atoms with Crippen molar-refractivity contribution in [2.24, 2.45) is 5.92 Å². The predicted molar refractivity (Wildman–Crippen MR) is 104 cm³/mol. The monoisotopic (exact) mass is 365 g/mol. The maximum atomic E-state index is 13.0. The summed E-state index contributed by atoms with van der Waals surface area (Å²) in [6.45, 7) is 4.05. The van der Waals surface area contributed by atoms with Crippen LogP contribution in [0.4, 0.5) is 0 Å². The number of hydrogen-bond acceptors (Lipinski definition) is 3. The van der Waals surface area contributed by atoms with Gasteiger partial charge < -0.3 is 9.47 Å². The number of carbonyl (C=O) groups excluding carboxylic acids is 2. The van der Waals surface area contributed by atoms with Gasteiger partial charge in [0, 0.05) is 49.1 Å². The van der Waals surface area contributed by atoms with Gasteiger partial charge in [-0.15, -0.1) is 0 Å². The van der Waals surface area contributed by atoms with Gasteiger partial charge in [-0.1, -0.05) is 18.6 Å². The Balaban J connectivity index is 1.48. The molecule has 1 aromatic heterocycles. The molecular weight excluding hydrogens is 338 g/mol. The summed E-state index contributed by atoms with van der Waals surface area (Å²) < 4.78 is 2.30. The molecule has 1 aliphatic heterocycles. The average Bonchev–Trinajstić information content (AvgIpc) is 3.12. The van der Waals surface area contributed by atoms with Crippen LogP contribution in [0.3, 0.4) is 0 Å². The van der Waals surface area contributed by atoms with Gasteiger partial charge in [0.1, 0.15) is 5.82 Å². The van der Waals surface area contributed by atoms with Crippen molar-refractivity contribution in [3.63, 3.8) is 0 Å². The van der Waals surface area contributed by atoms with Gasteiger partial charge in [-0.2, -0.15) is 0 Å². The number of amides is 1. The molecule has 0 N–H and O–H groups in total. The molecule has 0 bridgehead atoms. The lowest BCUT2D eigenvalue weighted by Crippen LogP contribution is -2.40. The van der Waals surface area contributed by atoms with Crippen molar-refractivity contribution >= 4 is 11.7 Å². The molecule has 2 aliphatic rings. The summed E-state index contributed by atoms with van der Waals surface area (Å²) in [4.78, 5) is 31.2. The summed E-state index contributed by atoms with van der Waals surface area (Å²) in [5.41, 5.74) is 1.19. The molecule has 1 saturated carbocycles. The van der Waals surface area contributed by atoms with Crippen molar-refractivity contribution in [1.82, 2.24) is 14.5 Å². The van der Waals surface area contributed by atoms with Crippen molar-refractivity contribution in [2.75, 3.05) is 13.1 Å². The van der Waals surface area contributed by atoms with Crippen LogP contribution >= 0.6 is 0 Å². The fraction of sp³-hybridized carbons (Fsp3) is 0.500. The Hall–Kier alpha value is -2.43. The van der Waals surface area contributed by atoms with Crippen LogP contribution in [0.2, 0.25) is 0 Å². The van der Waals surface area contributed by atoms with E-state index in [1.54, 1.807) is 24.3 Å². The lowest BCUT2D eigenvalue weighted by atomic mass is 9.85. The topological polar surface area (TPSA) is 55.2 Å². The van der Waals surface area contributed by atoms with E-state index < -0.39 is 0 Å². The minimum absolute atomic E-state index is 0.0138. The SMILES string of the molecule is CC(=O)c1cccc(C(=O)N2CCC[C@@H](c3nccn3CC3CCC3)C2)c1. The fourth-order valence-corrected chi connectivity index (χ4v) is 4.21. The minimum atomic E-state index is -0.0146. The molecule has 5 heteroatoms. The second-order valence-corrected chi connectivity index (χ2v) is 7.96. The Kier molecular flexibility index (Phi) is 5.10. The molecule has 1 aromatic carbocycles. The molecule has 0 radical (unpaired) electrons. The molecule has 2 aromatic rings. The van der Waals surface area contributed by atoms with Crippen molar-refractivity contribution in [3.05, 3.63) is 53.6 Å². The highest BCUT2D eigenvalue weighted by atomic mass is 16.2. The Morgan fingerprint density at radius 1 is 1.15 bits per heavy atom. The highest BCUT2D eigenvalue weighted by Crippen LogP contribution is 2.31. The fourth-order valence-electron chi connectivity index (χ4n) is 4.21. The largest absolute Gasteiger partial charge is 0.338 e. The van der Waals surface area contributed by atoms with Gasteiger partial charge >= 0.3 is 0 Å². The standard InChI is InChI=1S/C22H27N3O2/c1-16(26)18-7-3-8-19(13-18)22(27)25-11-4-9-20(15-25)21-23-10-12-24(21)14-17-5-2-6-17/h3,7-8,10,12-13,17,20H,2,4-6,9,11,14-15H2,1H3/t20-/m1/s1. The Bertz CT molecular complexity index is 838. The van der Waals surface area contributed by atoms with Crippen LogP contribution in [0, 0.1) is 5.92 Å². The zero-order chi connectivity index (χ0) is 18.8. The molecule has 27 heavy (non-hydrogen) atoms.